The van der Waals surface area contributed by atoms with Crippen LogP contribution in [0, 0.1) is 11.7 Å². The number of amides is 1. The summed E-state index contributed by atoms with van der Waals surface area (Å²) in [4.78, 5) is 12.8. The van der Waals surface area contributed by atoms with Crippen LogP contribution in [0.2, 0.25) is 0 Å². The van der Waals surface area contributed by atoms with Crippen molar-refractivity contribution in [2.45, 2.75) is 50.4 Å². The molecule has 0 spiro atoms. The summed E-state index contributed by atoms with van der Waals surface area (Å²) in [5, 5.41) is 3.07. The van der Waals surface area contributed by atoms with Gasteiger partial charge in [0.15, 0.2) is 0 Å². The third kappa shape index (κ3) is 4.11. The van der Waals surface area contributed by atoms with Gasteiger partial charge in [0.25, 0.3) is 0 Å². The Balaban J connectivity index is 1.50. The first kappa shape index (κ1) is 16.4. The SMILES string of the molecule is O=C(NCCCOCC1CC1)C1(c2ccc(F)cc2)CCCC1. The Bertz CT molecular complexity index is 519. The number of carbonyl (C=O) groups excluding carboxylic acids is 1. The summed E-state index contributed by atoms with van der Waals surface area (Å²) in [6.45, 7) is 2.22. The van der Waals surface area contributed by atoms with Crippen LogP contribution in [0.3, 0.4) is 0 Å². The number of benzene rings is 1. The molecule has 0 aliphatic heterocycles. The highest BCUT2D eigenvalue weighted by Gasteiger charge is 2.42. The summed E-state index contributed by atoms with van der Waals surface area (Å²) in [7, 11) is 0. The van der Waals surface area contributed by atoms with E-state index < -0.39 is 5.41 Å². The fourth-order valence-corrected chi connectivity index (χ4v) is 3.47. The highest BCUT2D eigenvalue weighted by Crippen LogP contribution is 2.41. The number of ether oxygens (including phenoxy) is 1. The average Bonchev–Trinajstić information content (AvgIpc) is 3.25. The molecule has 3 rings (SSSR count). The second-order valence-electron chi connectivity index (χ2n) is 6.92. The van der Waals surface area contributed by atoms with Crippen molar-refractivity contribution in [3.05, 3.63) is 35.6 Å². The fourth-order valence-electron chi connectivity index (χ4n) is 3.47. The zero-order chi connectivity index (χ0) is 16.1. The van der Waals surface area contributed by atoms with E-state index in [9.17, 15) is 9.18 Å². The van der Waals surface area contributed by atoms with Crippen molar-refractivity contribution in [2.75, 3.05) is 19.8 Å². The molecule has 2 fully saturated rings. The first-order chi connectivity index (χ1) is 11.2. The Hall–Kier alpha value is -1.42. The van der Waals surface area contributed by atoms with E-state index >= 15 is 0 Å². The van der Waals surface area contributed by atoms with Gasteiger partial charge in [0.1, 0.15) is 5.82 Å². The number of hydrogen-bond donors (Lipinski definition) is 1. The van der Waals surface area contributed by atoms with Crippen LogP contribution in [0.5, 0.6) is 0 Å². The normalized spacial score (nSPS) is 19.7. The molecule has 0 heterocycles. The lowest BCUT2D eigenvalue weighted by molar-refractivity contribution is -0.126. The van der Waals surface area contributed by atoms with Crippen molar-refractivity contribution in [3.8, 4) is 0 Å². The monoisotopic (exact) mass is 319 g/mol. The molecule has 0 radical (unpaired) electrons. The third-order valence-electron chi connectivity index (χ3n) is 5.09. The molecule has 2 aliphatic carbocycles. The number of carbonyl (C=O) groups is 1. The number of hydrogen-bond acceptors (Lipinski definition) is 2. The topological polar surface area (TPSA) is 38.3 Å². The molecule has 23 heavy (non-hydrogen) atoms. The molecule has 0 bridgehead atoms. The number of nitrogens with one attached hydrogen (secondary N) is 1. The van der Waals surface area contributed by atoms with Crippen molar-refractivity contribution in [1.82, 2.24) is 5.32 Å². The predicted octanol–water partition coefficient (Wildman–Crippen LogP) is 3.57. The number of rotatable bonds is 8. The second-order valence-corrected chi connectivity index (χ2v) is 6.92. The lowest BCUT2D eigenvalue weighted by atomic mass is 9.78. The van der Waals surface area contributed by atoms with Gasteiger partial charge in [-0.15, -0.1) is 0 Å². The minimum atomic E-state index is -0.470. The van der Waals surface area contributed by atoms with Crippen LogP contribution in [0.4, 0.5) is 4.39 Å². The van der Waals surface area contributed by atoms with Gasteiger partial charge in [0.2, 0.25) is 5.91 Å². The molecule has 4 heteroatoms. The van der Waals surface area contributed by atoms with Crippen molar-refractivity contribution in [2.24, 2.45) is 5.92 Å². The molecule has 2 aliphatic rings. The maximum absolute atomic E-state index is 13.2. The summed E-state index contributed by atoms with van der Waals surface area (Å²) in [5.74, 6) is 0.615. The van der Waals surface area contributed by atoms with Crippen LogP contribution >= 0.6 is 0 Å². The van der Waals surface area contributed by atoms with Gasteiger partial charge < -0.3 is 10.1 Å². The van der Waals surface area contributed by atoms with Gasteiger partial charge >= 0.3 is 0 Å². The van der Waals surface area contributed by atoms with E-state index in [4.69, 9.17) is 4.74 Å². The quantitative estimate of drug-likeness (QED) is 0.744. The van der Waals surface area contributed by atoms with Crippen molar-refractivity contribution < 1.29 is 13.9 Å². The Morgan fingerprint density at radius 1 is 1.22 bits per heavy atom. The van der Waals surface area contributed by atoms with Crippen LogP contribution in [0.1, 0.15) is 50.5 Å². The van der Waals surface area contributed by atoms with E-state index in [0.29, 0.717) is 13.2 Å². The van der Waals surface area contributed by atoms with E-state index in [1.54, 1.807) is 12.1 Å². The zero-order valence-electron chi connectivity index (χ0n) is 13.7. The summed E-state index contributed by atoms with van der Waals surface area (Å²) in [5.41, 5.74) is 0.474. The molecule has 0 unspecified atom stereocenters. The zero-order valence-corrected chi connectivity index (χ0v) is 13.7. The summed E-state index contributed by atoms with van der Waals surface area (Å²) >= 11 is 0. The average molecular weight is 319 g/mol. The molecule has 1 N–H and O–H groups in total. The van der Waals surface area contributed by atoms with E-state index in [-0.39, 0.29) is 11.7 Å². The maximum Gasteiger partial charge on any atom is 0.230 e. The molecule has 1 aromatic carbocycles. The molecule has 2 saturated carbocycles. The smallest absolute Gasteiger partial charge is 0.230 e. The van der Waals surface area contributed by atoms with Crippen LogP contribution in [0.25, 0.3) is 0 Å². The second kappa shape index (κ2) is 7.43. The highest BCUT2D eigenvalue weighted by molar-refractivity contribution is 5.88. The predicted molar refractivity (Wildman–Crippen MR) is 87.7 cm³/mol. The number of halogens is 1. The molecule has 3 nitrogen and oxygen atoms in total. The summed E-state index contributed by atoms with van der Waals surface area (Å²) in [6.07, 6.45) is 7.25. The van der Waals surface area contributed by atoms with Crippen molar-refractivity contribution >= 4 is 5.91 Å². The molecule has 126 valence electrons. The lowest BCUT2D eigenvalue weighted by Crippen LogP contribution is -2.43. The van der Waals surface area contributed by atoms with Gasteiger partial charge in [-0.05, 0) is 55.7 Å². The Morgan fingerprint density at radius 3 is 2.57 bits per heavy atom. The van der Waals surface area contributed by atoms with Gasteiger partial charge in [-0.3, -0.25) is 4.79 Å². The third-order valence-corrected chi connectivity index (χ3v) is 5.09. The largest absolute Gasteiger partial charge is 0.381 e. The first-order valence-electron chi connectivity index (χ1n) is 8.83. The van der Waals surface area contributed by atoms with Crippen molar-refractivity contribution in [1.29, 1.82) is 0 Å². The Morgan fingerprint density at radius 2 is 1.91 bits per heavy atom. The van der Waals surface area contributed by atoms with Gasteiger partial charge in [0.05, 0.1) is 5.41 Å². The molecule has 0 aromatic heterocycles. The highest BCUT2D eigenvalue weighted by atomic mass is 19.1. The van der Waals surface area contributed by atoms with Gasteiger partial charge in [-0.2, -0.15) is 0 Å². The molecular formula is C19H26FNO2. The Kier molecular flexibility index (Phi) is 5.31. The maximum atomic E-state index is 13.2. The van der Waals surface area contributed by atoms with E-state index in [2.05, 4.69) is 5.32 Å². The van der Waals surface area contributed by atoms with Crippen molar-refractivity contribution in [3.63, 3.8) is 0 Å². The van der Waals surface area contributed by atoms with Gasteiger partial charge in [-0.25, -0.2) is 4.39 Å². The molecule has 0 saturated heterocycles. The molecular weight excluding hydrogens is 293 g/mol. The van der Waals surface area contributed by atoms with Gasteiger partial charge in [0, 0.05) is 19.8 Å². The minimum absolute atomic E-state index is 0.0869. The van der Waals surface area contributed by atoms with E-state index in [0.717, 1.165) is 50.2 Å². The fraction of sp³-hybridized carbons (Fsp3) is 0.632. The Labute approximate surface area is 137 Å². The lowest BCUT2D eigenvalue weighted by Gasteiger charge is -2.28. The first-order valence-corrected chi connectivity index (χ1v) is 8.83. The minimum Gasteiger partial charge on any atom is -0.381 e. The van der Waals surface area contributed by atoms with Crippen LogP contribution < -0.4 is 5.32 Å². The molecule has 1 amide bonds. The summed E-state index contributed by atoms with van der Waals surface area (Å²) in [6, 6.07) is 6.43. The van der Waals surface area contributed by atoms with Crippen LogP contribution in [-0.4, -0.2) is 25.7 Å². The van der Waals surface area contributed by atoms with E-state index in [1.165, 1.54) is 25.0 Å². The van der Waals surface area contributed by atoms with Gasteiger partial charge in [-0.1, -0.05) is 25.0 Å². The standard InChI is InChI=1S/C19H26FNO2/c20-17-8-6-16(7-9-17)19(10-1-2-11-19)18(22)21-12-3-13-23-14-15-4-5-15/h6-9,15H,1-5,10-14H2,(H,21,22). The van der Waals surface area contributed by atoms with E-state index in [1.807, 2.05) is 0 Å². The molecule has 1 aromatic rings. The summed E-state index contributed by atoms with van der Waals surface area (Å²) < 4.78 is 18.8. The van der Waals surface area contributed by atoms with Crippen LogP contribution in [0.15, 0.2) is 24.3 Å². The van der Waals surface area contributed by atoms with Crippen LogP contribution in [-0.2, 0) is 14.9 Å². The molecule has 0 atom stereocenters.